The van der Waals surface area contributed by atoms with Gasteiger partial charge in [-0.2, -0.15) is 0 Å². The molecule has 1 aliphatic heterocycles. The van der Waals surface area contributed by atoms with Gasteiger partial charge in [-0.25, -0.2) is 4.39 Å². The van der Waals surface area contributed by atoms with E-state index in [-0.39, 0.29) is 11.7 Å². The van der Waals surface area contributed by atoms with Gasteiger partial charge in [-0.05, 0) is 49.1 Å². The van der Waals surface area contributed by atoms with Crippen LogP contribution in [0.3, 0.4) is 0 Å². The van der Waals surface area contributed by atoms with Crippen molar-refractivity contribution < 1.29 is 14.0 Å². The van der Waals surface area contributed by atoms with Crippen molar-refractivity contribution in [1.29, 1.82) is 0 Å². The zero-order chi connectivity index (χ0) is 18.4. The Bertz CT molecular complexity index is 736. The molecule has 5 heteroatoms. The molecular weight excluding hydrogens is 331 g/mol. The molecule has 2 aromatic rings. The van der Waals surface area contributed by atoms with E-state index >= 15 is 0 Å². The maximum Gasteiger partial charge on any atom is 0.222 e. The van der Waals surface area contributed by atoms with Gasteiger partial charge in [0.15, 0.2) is 0 Å². The average Bonchev–Trinajstić information content (AvgIpc) is 2.69. The van der Waals surface area contributed by atoms with Crippen LogP contribution in [-0.4, -0.2) is 36.2 Å². The largest absolute Gasteiger partial charge is 0.382 e. The second kappa shape index (κ2) is 8.61. The van der Waals surface area contributed by atoms with Crippen LogP contribution in [-0.2, 0) is 11.2 Å². The van der Waals surface area contributed by atoms with Crippen molar-refractivity contribution in [3.05, 3.63) is 65.5 Å². The number of carbonyl (C=O) groups excluding carboxylic acids is 2. The first-order chi connectivity index (χ1) is 12.6. The van der Waals surface area contributed by atoms with Crippen LogP contribution in [0.5, 0.6) is 0 Å². The summed E-state index contributed by atoms with van der Waals surface area (Å²) in [5, 5.41) is 3.40. The van der Waals surface area contributed by atoms with Crippen LogP contribution in [0.1, 0.15) is 35.2 Å². The van der Waals surface area contributed by atoms with Crippen LogP contribution < -0.4 is 5.32 Å². The first-order valence-electron chi connectivity index (χ1n) is 8.98. The standard InChI is InChI=1S/C21H23FN2O2/c22-18-6-8-19(9-7-18)23-20-11-13-24(14-12-20)21(26)10-5-16-1-3-17(15-25)4-2-16/h1-4,6-9,15,20,23H,5,10-14H2. The zero-order valence-electron chi connectivity index (χ0n) is 14.7. The van der Waals surface area contributed by atoms with Gasteiger partial charge < -0.3 is 10.2 Å². The number of halogens is 1. The Kier molecular flexibility index (Phi) is 6.00. The van der Waals surface area contributed by atoms with Crippen LogP contribution in [0.25, 0.3) is 0 Å². The molecule has 2 aromatic carbocycles. The number of nitrogens with zero attached hydrogens (tertiary/aromatic N) is 1. The molecular formula is C21H23FN2O2. The van der Waals surface area contributed by atoms with Crippen molar-refractivity contribution in [2.75, 3.05) is 18.4 Å². The molecule has 4 nitrogen and oxygen atoms in total. The number of amides is 1. The third-order valence-electron chi connectivity index (χ3n) is 4.81. The van der Waals surface area contributed by atoms with Crippen LogP contribution in [0, 0.1) is 5.82 Å². The minimum atomic E-state index is -0.239. The van der Waals surface area contributed by atoms with Gasteiger partial charge in [-0.15, -0.1) is 0 Å². The maximum absolute atomic E-state index is 13.0. The Hall–Kier alpha value is -2.69. The summed E-state index contributed by atoms with van der Waals surface area (Å²) < 4.78 is 13.0. The third kappa shape index (κ3) is 4.91. The van der Waals surface area contributed by atoms with Gasteiger partial charge >= 0.3 is 0 Å². The normalized spacial score (nSPS) is 14.9. The summed E-state index contributed by atoms with van der Waals surface area (Å²) in [6, 6.07) is 14.0. The zero-order valence-corrected chi connectivity index (χ0v) is 14.7. The van der Waals surface area contributed by atoms with E-state index in [0.717, 1.165) is 43.5 Å². The van der Waals surface area contributed by atoms with Crippen LogP contribution >= 0.6 is 0 Å². The molecule has 1 amide bonds. The fourth-order valence-corrected chi connectivity index (χ4v) is 3.23. The highest BCUT2D eigenvalue weighted by molar-refractivity contribution is 5.77. The summed E-state index contributed by atoms with van der Waals surface area (Å²) in [5.41, 5.74) is 2.63. The number of piperidine rings is 1. The first kappa shape index (κ1) is 18.1. The van der Waals surface area contributed by atoms with E-state index in [1.807, 2.05) is 17.0 Å². The summed E-state index contributed by atoms with van der Waals surface area (Å²) in [6.45, 7) is 1.48. The Morgan fingerprint density at radius 2 is 1.73 bits per heavy atom. The van der Waals surface area contributed by atoms with Gasteiger partial charge in [-0.3, -0.25) is 9.59 Å². The fourth-order valence-electron chi connectivity index (χ4n) is 3.23. The number of hydrogen-bond donors (Lipinski definition) is 1. The Balaban J connectivity index is 1.42. The first-order valence-corrected chi connectivity index (χ1v) is 8.98. The minimum absolute atomic E-state index is 0.171. The molecule has 0 saturated carbocycles. The van der Waals surface area contributed by atoms with E-state index in [4.69, 9.17) is 0 Å². The van der Waals surface area contributed by atoms with Gasteiger partial charge in [0.2, 0.25) is 5.91 Å². The molecule has 0 aliphatic carbocycles. The quantitative estimate of drug-likeness (QED) is 0.805. The molecule has 3 rings (SSSR count). The molecule has 1 heterocycles. The lowest BCUT2D eigenvalue weighted by Crippen LogP contribution is -2.42. The summed E-state index contributed by atoms with van der Waals surface area (Å²) in [6.07, 6.45) is 3.76. The molecule has 0 unspecified atom stereocenters. The molecule has 26 heavy (non-hydrogen) atoms. The number of anilines is 1. The molecule has 0 radical (unpaired) electrons. The molecule has 1 aliphatic rings. The molecule has 136 valence electrons. The highest BCUT2D eigenvalue weighted by atomic mass is 19.1. The van der Waals surface area contributed by atoms with Crippen LogP contribution in [0.4, 0.5) is 10.1 Å². The van der Waals surface area contributed by atoms with Crippen molar-refractivity contribution in [2.45, 2.75) is 31.7 Å². The number of likely N-dealkylation sites (tertiary alicyclic amines) is 1. The maximum atomic E-state index is 13.0. The van der Waals surface area contributed by atoms with Gasteiger partial charge in [0.05, 0.1) is 0 Å². The Morgan fingerprint density at radius 3 is 2.35 bits per heavy atom. The smallest absolute Gasteiger partial charge is 0.222 e. The van der Waals surface area contributed by atoms with Crippen LogP contribution in [0.15, 0.2) is 48.5 Å². The number of benzene rings is 2. The molecule has 1 saturated heterocycles. The highest BCUT2D eigenvalue weighted by Gasteiger charge is 2.22. The second-order valence-electron chi connectivity index (χ2n) is 6.67. The second-order valence-corrected chi connectivity index (χ2v) is 6.67. The molecule has 0 spiro atoms. The molecule has 1 fully saturated rings. The highest BCUT2D eigenvalue weighted by Crippen LogP contribution is 2.18. The Labute approximate surface area is 153 Å². The SMILES string of the molecule is O=Cc1ccc(CCC(=O)N2CCC(Nc3ccc(F)cc3)CC2)cc1. The molecule has 1 N–H and O–H groups in total. The summed E-state index contributed by atoms with van der Waals surface area (Å²) in [7, 11) is 0. The number of aryl methyl sites for hydroxylation is 1. The van der Waals surface area contributed by atoms with E-state index in [0.29, 0.717) is 24.4 Å². The molecule has 0 atom stereocenters. The number of aldehydes is 1. The average molecular weight is 354 g/mol. The lowest BCUT2D eigenvalue weighted by atomic mass is 10.0. The van der Waals surface area contributed by atoms with E-state index in [2.05, 4.69) is 5.32 Å². The predicted molar refractivity (Wildman–Crippen MR) is 99.8 cm³/mol. The van der Waals surface area contributed by atoms with Crippen LogP contribution in [0.2, 0.25) is 0 Å². The summed E-state index contributed by atoms with van der Waals surface area (Å²) in [5.74, 6) is -0.0681. The van der Waals surface area contributed by atoms with Gasteiger partial charge in [0.1, 0.15) is 12.1 Å². The van der Waals surface area contributed by atoms with E-state index in [9.17, 15) is 14.0 Å². The number of rotatable bonds is 6. The monoisotopic (exact) mass is 354 g/mol. The third-order valence-corrected chi connectivity index (χ3v) is 4.81. The summed E-state index contributed by atoms with van der Waals surface area (Å²) >= 11 is 0. The van der Waals surface area contributed by atoms with Crippen molar-refractivity contribution in [3.8, 4) is 0 Å². The minimum Gasteiger partial charge on any atom is -0.382 e. The van der Waals surface area contributed by atoms with Crippen molar-refractivity contribution in [2.24, 2.45) is 0 Å². The van der Waals surface area contributed by atoms with Crippen molar-refractivity contribution in [1.82, 2.24) is 4.90 Å². The topological polar surface area (TPSA) is 49.4 Å². The van der Waals surface area contributed by atoms with Gasteiger partial charge in [0.25, 0.3) is 0 Å². The number of hydrogen-bond acceptors (Lipinski definition) is 3. The molecule has 0 aromatic heterocycles. The lowest BCUT2D eigenvalue weighted by molar-refractivity contribution is -0.132. The van der Waals surface area contributed by atoms with Gasteiger partial charge in [0, 0.05) is 36.8 Å². The molecule has 0 bridgehead atoms. The summed E-state index contributed by atoms with van der Waals surface area (Å²) in [4.78, 5) is 25.0. The van der Waals surface area contributed by atoms with Gasteiger partial charge in [-0.1, -0.05) is 24.3 Å². The Morgan fingerprint density at radius 1 is 1.08 bits per heavy atom. The predicted octanol–water partition coefficient (Wildman–Crippen LogP) is 3.67. The lowest BCUT2D eigenvalue weighted by Gasteiger charge is -2.33. The van der Waals surface area contributed by atoms with E-state index < -0.39 is 0 Å². The van der Waals surface area contributed by atoms with E-state index in [1.165, 1.54) is 12.1 Å². The van der Waals surface area contributed by atoms with Crippen molar-refractivity contribution in [3.63, 3.8) is 0 Å². The fraction of sp³-hybridized carbons (Fsp3) is 0.333. The van der Waals surface area contributed by atoms with Crippen molar-refractivity contribution >= 4 is 17.9 Å². The van der Waals surface area contributed by atoms with E-state index in [1.54, 1.807) is 24.3 Å². The number of nitrogens with one attached hydrogen (secondary N) is 1. The number of carbonyl (C=O) groups is 2.